The van der Waals surface area contributed by atoms with E-state index in [1.807, 2.05) is 49.4 Å². The molecule has 1 atom stereocenters. The zero-order valence-corrected chi connectivity index (χ0v) is 13.7. The molecule has 0 radical (unpaired) electrons. The highest BCUT2D eigenvalue weighted by Crippen LogP contribution is 2.33. The van der Waals surface area contributed by atoms with Crippen LogP contribution in [0.3, 0.4) is 0 Å². The normalized spacial score (nSPS) is 15.8. The molecule has 1 aromatic carbocycles. The van der Waals surface area contributed by atoms with Crippen molar-refractivity contribution in [2.24, 2.45) is 0 Å². The van der Waals surface area contributed by atoms with Gasteiger partial charge in [0.1, 0.15) is 5.82 Å². The maximum absolute atomic E-state index is 12.5. The van der Waals surface area contributed by atoms with Crippen molar-refractivity contribution >= 4 is 23.7 Å². The number of carbonyl (C=O) groups excluding carboxylic acids is 2. The molecule has 24 heavy (non-hydrogen) atoms. The first kappa shape index (κ1) is 15.9. The van der Waals surface area contributed by atoms with E-state index in [0.717, 1.165) is 16.7 Å². The van der Waals surface area contributed by atoms with Crippen molar-refractivity contribution in [3.8, 4) is 0 Å². The number of pyridine rings is 1. The maximum atomic E-state index is 12.5. The van der Waals surface area contributed by atoms with Gasteiger partial charge in [-0.1, -0.05) is 24.3 Å². The third-order valence-corrected chi connectivity index (χ3v) is 4.03. The molecule has 5 nitrogen and oxygen atoms in total. The third-order valence-electron chi connectivity index (χ3n) is 4.03. The number of hydrogen-bond acceptors (Lipinski definition) is 3. The fraction of sp³-hybridized carbons (Fsp3) is 0.211. The predicted molar refractivity (Wildman–Crippen MR) is 93.0 cm³/mol. The zero-order valence-electron chi connectivity index (χ0n) is 13.7. The van der Waals surface area contributed by atoms with Crippen LogP contribution in [0.15, 0.2) is 48.8 Å². The minimum atomic E-state index is -0.312. The Bertz CT molecular complexity index is 814. The molecular weight excluding hydrogens is 302 g/mol. The third kappa shape index (κ3) is 3.35. The summed E-state index contributed by atoms with van der Waals surface area (Å²) < 4.78 is 0. The SMILES string of the molecule is CC(=O)N1C=Cc2ccccc2[C@H]1CC(=O)Nc1cc(C)ccn1. The van der Waals surface area contributed by atoms with Gasteiger partial charge in [-0.05, 0) is 41.8 Å². The van der Waals surface area contributed by atoms with E-state index in [1.54, 1.807) is 17.3 Å². The number of aryl methyl sites for hydroxylation is 1. The monoisotopic (exact) mass is 321 g/mol. The number of amides is 2. The van der Waals surface area contributed by atoms with Gasteiger partial charge >= 0.3 is 0 Å². The molecule has 0 aliphatic carbocycles. The van der Waals surface area contributed by atoms with E-state index in [0.29, 0.717) is 5.82 Å². The van der Waals surface area contributed by atoms with Crippen molar-refractivity contribution in [1.29, 1.82) is 0 Å². The maximum Gasteiger partial charge on any atom is 0.227 e. The number of rotatable bonds is 3. The zero-order chi connectivity index (χ0) is 17.1. The first-order chi connectivity index (χ1) is 11.5. The average molecular weight is 321 g/mol. The number of nitrogens with one attached hydrogen (secondary N) is 1. The summed E-state index contributed by atoms with van der Waals surface area (Å²) in [6, 6.07) is 11.2. The lowest BCUT2D eigenvalue weighted by Crippen LogP contribution is -2.33. The minimum absolute atomic E-state index is 0.0905. The van der Waals surface area contributed by atoms with Crippen LogP contribution < -0.4 is 5.32 Å². The standard InChI is InChI=1S/C19H19N3O2/c1-13-7-9-20-18(11-13)21-19(24)12-17-16-6-4-3-5-15(16)8-10-22(17)14(2)23/h3-11,17H,12H2,1-2H3,(H,20,21,24)/t17-/m1/s1. The second kappa shape index (κ2) is 6.66. The van der Waals surface area contributed by atoms with E-state index >= 15 is 0 Å². The summed E-state index contributed by atoms with van der Waals surface area (Å²) in [6.45, 7) is 3.45. The summed E-state index contributed by atoms with van der Waals surface area (Å²) >= 11 is 0. The molecule has 0 saturated carbocycles. The number of nitrogens with zero attached hydrogens (tertiary/aromatic N) is 2. The predicted octanol–water partition coefficient (Wildman–Crippen LogP) is 3.29. The van der Waals surface area contributed by atoms with Gasteiger partial charge in [0, 0.05) is 19.3 Å². The van der Waals surface area contributed by atoms with Gasteiger partial charge in [0.05, 0.1) is 12.5 Å². The molecule has 5 heteroatoms. The van der Waals surface area contributed by atoms with E-state index in [9.17, 15) is 9.59 Å². The molecule has 122 valence electrons. The van der Waals surface area contributed by atoms with Crippen LogP contribution in [0.4, 0.5) is 5.82 Å². The molecule has 0 spiro atoms. The molecule has 0 bridgehead atoms. The average Bonchev–Trinajstić information content (AvgIpc) is 2.54. The molecule has 1 N–H and O–H groups in total. The Morgan fingerprint density at radius 1 is 1.25 bits per heavy atom. The smallest absolute Gasteiger partial charge is 0.227 e. The Balaban J connectivity index is 1.82. The van der Waals surface area contributed by atoms with Crippen LogP contribution in [0.2, 0.25) is 0 Å². The quantitative estimate of drug-likeness (QED) is 0.943. The van der Waals surface area contributed by atoms with Gasteiger partial charge < -0.3 is 10.2 Å². The number of carbonyl (C=O) groups is 2. The van der Waals surface area contributed by atoms with Crippen LogP contribution in [0, 0.1) is 6.92 Å². The number of anilines is 1. The van der Waals surface area contributed by atoms with Gasteiger partial charge in [0.15, 0.2) is 0 Å². The molecule has 1 aliphatic heterocycles. The van der Waals surface area contributed by atoms with Crippen LogP contribution in [-0.4, -0.2) is 21.7 Å². The van der Waals surface area contributed by atoms with E-state index < -0.39 is 0 Å². The van der Waals surface area contributed by atoms with E-state index in [1.165, 1.54) is 6.92 Å². The van der Waals surface area contributed by atoms with Crippen LogP contribution in [-0.2, 0) is 9.59 Å². The summed E-state index contributed by atoms with van der Waals surface area (Å²) in [7, 11) is 0. The molecular formula is C19H19N3O2. The Morgan fingerprint density at radius 3 is 2.79 bits per heavy atom. The summed E-state index contributed by atoms with van der Waals surface area (Å²) in [5.74, 6) is 0.260. The molecule has 2 heterocycles. The summed E-state index contributed by atoms with van der Waals surface area (Å²) in [5, 5.41) is 2.81. The van der Waals surface area contributed by atoms with Crippen LogP contribution in [0.1, 0.15) is 36.1 Å². The van der Waals surface area contributed by atoms with Gasteiger partial charge in [-0.3, -0.25) is 9.59 Å². The van der Waals surface area contributed by atoms with E-state index in [4.69, 9.17) is 0 Å². The fourth-order valence-electron chi connectivity index (χ4n) is 2.89. The van der Waals surface area contributed by atoms with Gasteiger partial charge in [-0.2, -0.15) is 0 Å². The van der Waals surface area contributed by atoms with Gasteiger partial charge in [-0.15, -0.1) is 0 Å². The molecule has 2 aromatic rings. The highest BCUT2D eigenvalue weighted by molar-refractivity contribution is 5.91. The lowest BCUT2D eigenvalue weighted by atomic mass is 9.93. The van der Waals surface area contributed by atoms with E-state index in [2.05, 4.69) is 10.3 Å². The Labute approximate surface area is 141 Å². The van der Waals surface area contributed by atoms with Crippen molar-refractivity contribution in [1.82, 2.24) is 9.88 Å². The molecule has 0 fully saturated rings. The van der Waals surface area contributed by atoms with Crippen LogP contribution in [0.5, 0.6) is 0 Å². The summed E-state index contributed by atoms with van der Waals surface area (Å²) in [4.78, 5) is 30.1. The molecule has 1 aromatic heterocycles. The first-order valence-corrected chi connectivity index (χ1v) is 7.83. The van der Waals surface area contributed by atoms with Crippen molar-refractivity contribution in [2.75, 3.05) is 5.32 Å². The molecule has 1 aliphatic rings. The number of benzene rings is 1. The van der Waals surface area contributed by atoms with Crippen LogP contribution in [0.25, 0.3) is 6.08 Å². The highest BCUT2D eigenvalue weighted by Gasteiger charge is 2.28. The lowest BCUT2D eigenvalue weighted by Gasteiger charge is -2.32. The molecule has 2 amide bonds. The molecule has 3 rings (SSSR count). The second-order valence-corrected chi connectivity index (χ2v) is 5.86. The van der Waals surface area contributed by atoms with Crippen molar-refractivity contribution in [3.05, 3.63) is 65.5 Å². The van der Waals surface area contributed by atoms with Crippen LogP contribution >= 0.6 is 0 Å². The van der Waals surface area contributed by atoms with Gasteiger partial charge in [-0.25, -0.2) is 4.98 Å². The first-order valence-electron chi connectivity index (χ1n) is 7.83. The van der Waals surface area contributed by atoms with Gasteiger partial charge in [0.2, 0.25) is 11.8 Å². The fourth-order valence-corrected chi connectivity index (χ4v) is 2.89. The van der Waals surface area contributed by atoms with Crippen molar-refractivity contribution in [3.63, 3.8) is 0 Å². The number of hydrogen-bond donors (Lipinski definition) is 1. The minimum Gasteiger partial charge on any atom is -0.311 e. The summed E-state index contributed by atoms with van der Waals surface area (Å²) in [5.41, 5.74) is 3.03. The Morgan fingerprint density at radius 2 is 2.04 bits per heavy atom. The number of fused-ring (bicyclic) bond motifs is 1. The topological polar surface area (TPSA) is 62.3 Å². The van der Waals surface area contributed by atoms with Gasteiger partial charge in [0.25, 0.3) is 0 Å². The molecule has 0 unspecified atom stereocenters. The lowest BCUT2D eigenvalue weighted by molar-refractivity contribution is -0.129. The second-order valence-electron chi connectivity index (χ2n) is 5.86. The van der Waals surface area contributed by atoms with Crippen molar-refractivity contribution in [2.45, 2.75) is 26.3 Å². The van der Waals surface area contributed by atoms with Crippen molar-refractivity contribution < 1.29 is 9.59 Å². The number of aromatic nitrogens is 1. The Kier molecular flexibility index (Phi) is 4.42. The van der Waals surface area contributed by atoms with E-state index in [-0.39, 0.29) is 24.3 Å². The largest absolute Gasteiger partial charge is 0.311 e. The summed E-state index contributed by atoms with van der Waals surface area (Å²) in [6.07, 6.45) is 5.48. The Hall–Kier alpha value is -2.95. The molecule has 0 saturated heterocycles. The highest BCUT2D eigenvalue weighted by atomic mass is 16.2.